The first-order valence-corrected chi connectivity index (χ1v) is 8.36. The van der Waals surface area contributed by atoms with E-state index in [4.69, 9.17) is 0 Å². The Labute approximate surface area is 117 Å². The lowest BCUT2D eigenvalue weighted by Gasteiger charge is -2.43. The predicted molar refractivity (Wildman–Crippen MR) is 81.7 cm³/mol. The second-order valence-corrected chi connectivity index (χ2v) is 6.76. The number of hydrogen-bond donors (Lipinski definition) is 0. The summed E-state index contributed by atoms with van der Waals surface area (Å²) in [6.07, 6.45) is 14.4. The Hall–Kier alpha value is -0.980. The van der Waals surface area contributed by atoms with Crippen LogP contribution in [-0.4, -0.2) is 12.1 Å². The van der Waals surface area contributed by atoms with Crippen LogP contribution in [0.25, 0.3) is 11.1 Å². The zero-order valence-electron chi connectivity index (χ0n) is 11.9. The predicted octanol–water partition coefficient (Wildman–Crippen LogP) is 5.14. The lowest BCUT2D eigenvalue weighted by molar-refractivity contribution is 0.340. The fraction of sp³-hybridized carbons (Fsp3) is 0.667. The van der Waals surface area contributed by atoms with Crippen LogP contribution in [0.1, 0.15) is 64.2 Å². The monoisotopic (exact) mass is 255 g/mol. The number of hydrogen-bond acceptors (Lipinski definition) is 1. The minimum absolute atomic E-state index is 0.832. The SMILES string of the molecule is c1c2cc(N(C3CCCCC3)C3CCCCC3)cc1-2. The van der Waals surface area contributed by atoms with E-state index in [9.17, 15) is 0 Å². The van der Waals surface area contributed by atoms with E-state index in [-0.39, 0.29) is 0 Å². The third-order valence-corrected chi connectivity index (χ3v) is 5.40. The number of anilines is 1. The van der Waals surface area contributed by atoms with Gasteiger partial charge in [-0.3, -0.25) is 0 Å². The molecule has 4 aliphatic carbocycles. The molecule has 1 nitrogen and oxygen atoms in total. The molecule has 0 saturated heterocycles. The maximum absolute atomic E-state index is 2.85. The molecule has 0 N–H and O–H groups in total. The van der Waals surface area contributed by atoms with Crippen LogP contribution >= 0.6 is 0 Å². The smallest absolute Gasteiger partial charge is 0.0383 e. The van der Waals surface area contributed by atoms with Crippen molar-refractivity contribution in [3.05, 3.63) is 18.2 Å². The van der Waals surface area contributed by atoms with Gasteiger partial charge in [0, 0.05) is 17.8 Å². The summed E-state index contributed by atoms with van der Waals surface area (Å²) in [5.74, 6) is 0. The number of fused-ring (bicyclic) bond motifs is 1. The minimum Gasteiger partial charge on any atom is -0.366 e. The van der Waals surface area contributed by atoms with Gasteiger partial charge < -0.3 is 4.90 Å². The summed E-state index contributed by atoms with van der Waals surface area (Å²) >= 11 is 0. The van der Waals surface area contributed by atoms with Crippen molar-refractivity contribution in [1.82, 2.24) is 0 Å². The van der Waals surface area contributed by atoms with Gasteiger partial charge in [-0.2, -0.15) is 0 Å². The topological polar surface area (TPSA) is 3.24 Å². The molecular formula is C18H25N. The summed E-state index contributed by atoms with van der Waals surface area (Å²) in [6.45, 7) is 0. The molecule has 0 aliphatic heterocycles. The van der Waals surface area contributed by atoms with Crippen molar-refractivity contribution in [1.29, 1.82) is 0 Å². The summed E-state index contributed by atoms with van der Waals surface area (Å²) < 4.78 is 0. The zero-order valence-corrected chi connectivity index (χ0v) is 11.9. The quantitative estimate of drug-likeness (QED) is 0.734. The van der Waals surface area contributed by atoms with E-state index >= 15 is 0 Å². The van der Waals surface area contributed by atoms with Gasteiger partial charge >= 0.3 is 0 Å². The lowest BCUT2D eigenvalue weighted by Crippen LogP contribution is -2.45. The molecule has 4 aliphatic rings. The van der Waals surface area contributed by atoms with E-state index in [0.717, 1.165) is 12.1 Å². The Morgan fingerprint density at radius 3 is 1.58 bits per heavy atom. The van der Waals surface area contributed by atoms with Crippen molar-refractivity contribution in [3.8, 4) is 11.1 Å². The Balaban J connectivity index is 1.59. The highest BCUT2D eigenvalue weighted by Crippen LogP contribution is 2.43. The zero-order chi connectivity index (χ0) is 12.7. The second-order valence-electron chi connectivity index (χ2n) is 6.76. The van der Waals surface area contributed by atoms with Crippen LogP contribution < -0.4 is 4.90 Å². The van der Waals surface area contributed by atoms with Gasteiger partial charge in [0.25, 0.3) is 0 Å². The van der Waals surface area contributed by atoms with Crippen LogP contribution in [0.5, 0.6) is 0 Å². The van der Waals surface area contributed by atoms with Gasteiger partial charge in [-0.25, -0.2) is 0 Å². The number of nitrogens with zero attached hydrogens (tertiary/aromatic N) is 1. The molecule has 0 heterocycles. The first-order valence-electron chi connectivity index (χ1n) is 8.36. The Bertz CT molecular complexity index is 415. The van der Waals surface area contributed by atoms with Gasteiger partial charge in [-0.15, -0.1) is 0 Å². The highest BCUT2D eigenvalue weighted by Gasteiger charge is 2.31. The van der Waals surface area contributed by atoms with Crippen molar-refractivity contribution < 1.29 is 0 Å². The van der Waals surface area contributed by atoms with Crippen LogP contribution in [0.3, 0.4) is 0 Å². The van der Waals surface area contributed by atoms with Crippen LogP contribution in [0.4, 0.5) is 5.69 Å². The highest BCUT2D eigenvalue weighted by atomic mass is 15.2. The molecule has 0 atom stereocenters. The molecule has 0 unspecified atom stereocenters. The highest BCUT2D eigenvalue weighted by molar-refractivity contribution is 5.87. The largest absolute Gasteiger partial charge is 0.366 e. The fourth-order valence-electron chi connectivity index (χ4n) is 4.33. The number of benzene rings is 1. The van der Waals surface area contributed by atoms with Crippen LogP contribution in [0, 0.1) is 0 Å². The van der Waals surface area contributed by atoms with E-state index in [1.165, 1.54) is 75.3 Å². The van der Waals surface area contributed by atoms with Gasteiger partial charge in [0.2, 0.25) is 0 Å². The molecule has 0 amide bonds. The summed E-state index contributed by atoms with van der Waals surface area (Å²) in [6, 6.07) is 8.86. The molecule has 4 rings (SSSR count). The normalized spacial score (nSPS) is 23.4. The first kappa shape index (κ1) is 11.8. The van der Waals surface area contributed by atoms with Crippen LogP contribution in [0.15, 0.2) is 18.2 Å². The van der Waals surface area contributed by atoms with E-state index in [0.29, 0.717) is 0 Å². The van der Waals surface area contributed by atoms with Crippen molar-refractivity contribution in [2.24, 2.45) is 0 Å². The number of rotatable bonds is 3. The standard InChI is InChI=1S/C18H25N/c1-3-7-16(8-4-1)19(17-9-5-2-6-10-17)18-12-14-11-15(14)13-18/h11-13,16-17H,1-10H2. The van der Waals surface area contributed by atoms with E-state index in [1.807, 2.05) is 0 Å². The third-order valence-electron chi connectivity index (χ3n) is 5.40. The van der Waals surface area contributed by atoms with E-state index in [1.54, 1.807) is 5.69 Å². The van der Waals surface area contributed by atoms with Gasteiger partial charge in [0.05, 0.1) is 0 Å². The molecular weight excluding hydrogens is 230 g/mol. The average Bonchev–Trinajstić information content (AvgIpc) is 3.08. The van der Waals surface area contributed by atoms with Gasteiger partial charge in [-0.1, -0.05) is 38.5 Å². The molecule has 0 aromatic rings. The molecule has 0 aromatic heterocycles. The summed E-state index contributed by atoms with van der Waals surface area (Å²) in [5.41, 5.74) is 4.56. The molecule has 102 valence electrons. The van der Waals surface area contributed by atoms with Crippen molar-refractivity contribution >= 4 is 5.69 Å². The molecule has 0 aromatic carbocycles. The summed E-state index contributed by atoms with van der Waals surface area (Å²) in [4.78, 5) is 2.85. The molecule has 1 heteroatoms. The molecule has 2 saturated carbocycles. The second kappa shape index (κ2) is 4.85. The van der Waals surface area contributed by atoms with Crippen molar-refractivity contribution in [3.63, 3.8) is 0 Å². The molecule has 0 radical (unpaired) electrons. The minimum atomic E-state index is 0.832. The summed E-state index contributed by atoms with van der Waals surface area (Å²) in [5, 5.41) is 0. The van der Waals surface area contributed by atoms with Gasteiger partial charge in [0.1, 0.15) is 0 Å². The van der Waals surface area contributed by atoms with Crippen molar-refractivity contribution in [2.45, 2.75) is 76.3 Å². The Morgan fingerprint density at radius 2 is 1.11 bits per heavy atom. The third kappa shape index (κ3) is 2.28. The molecule has 0 bridgehead atoms. The van der Waals surface area contributed by atoms with Crippen molar-refractivity contribution in [2.75, 3.05) is 4.90 Å². The maximum atomic E-state index is 2.85. The first-order chi connectivity index (χ1) is 9.42. The van der Waals surface area contributed by atoms with Crippen LogP contribution in [0.2, 0.25) is 0 Å². The Morgan fingerprint density at radius 1 is 0.632 bits per heavy atom. The molecule has 0 spiro atoms. The maximum Gasteiger partial charge on any atom is 0.0383 e. The summed E-state index contributed by atoms with van der Waals surface area (Å²) in [7, 11) is 0. The Kier molecular flexibility index (Phi) is 3.01. The average molecular weight is 255 g/mol. The van der Waals surface area contributed by atoms with Gasteiger partial charge in [0.15, 0.2) is 0 Å². The lowest BCUT2D eigenvalue weighted by atomic mass is 9.88. The molecule has 19 heavy (non-hydrogen) atoms. The fourth-order valence-corrected chi connectivity index (χ4v) is 4.33. The van der Waals surface area contributed by atoms with Crippen LogP contribution in [-0.2, 0) is 0 Å². The molecule has 2 fully saturated rings. The van der Waals surface area contributed by atoms with Gasteiger partial charge in [-0.05, 0) is 55.0 Å². The van der Waals surface area contributed by atoms with E-state index < -0.39 is 0 Å². The van der Waals surface area contributed by atoms with E-state index in [2.05, 4.69) is 23.1 Å².